The van der Waals surface area contributed by atoms with E-state index in [9.17, 15) is 0 Å². The number of rotatable bonds is 27. The molecule has 0 spiro atoms. The van der Waals surface area contributed by atoms with Crippen LogP contribution in [-0.4, -0.2) is 80.5 Å². The first kappa shape index (κ1) is 43.5. The highest BCUT2D eigenvalue weighted by Gasteiger charge is 2.57. The minimum Gasteiger partial charge on any atom is -0.373 e. The van der Waals surface area contributed by atoms with Crippen LogP contribution in [0, 0.1) is 5.92 Å². The lowest BCUT2D eigenvalue weighted by atomic mass is 9.77. The summed E-state index contributed by atoms with van der Waals surface area (Å²) in [5, 5.41) is 0. The third kappa shape index (κ3) is 13.6. The van der Waals surface area contributed by atoms with Crippen molar-refractivity contribution in [2.24, 2.45) is 5.92 Å². The van der Waals surface area contributed by atoms with Crippen molar-refractivity contribution in [2.45, 2.75) is 148 Å². The second kappa shape index (κ2) is 26.8. The lowest BCUT2D eigenvalue weighted by Gasteiger charge is -2.49. The zero-order chi connectivity index (χ0) is 32.3. The first-order valence-electron chi connectivity index (χ1n) is 16.3. The molecule has 8 nitrogen and oxygen atoms in total. The Morgan fingerprint density at radius 3 is 1.33 bits per heavy atom. The van der Waals surface area contributed by atoms with Crippen LogP contribution in [0.1, 0.15) is 124 Å². The molecule has 254 valence electrons. The van der Waals surface area contributed by atoms with Crippen molar-refractivity contribution < 1.29 is 37.9 Å². The Kier molecular flexibility index (Phi) is 27.8. The second-order valence-corrected chi connectivity index (χ2v) is 10.8. The number of methoxy groups -OCH3 is 8. The van der Waals surface area contributed by atoms with Gasteiger partial charge in [-0.15, -0.1) is 0 Å². The smallest absolute Gasteiger partial charge is 0.313 e. The molecule has 3 atom stereocenters. The third-order valence-electron chi connectivity index (χ3n) is 8.30. The fourth-order valence-electron chi connectivity index (χ4n) is 5.96. The van der Waals surface area contributed by atoms with Gasteiger partial charge in [-0.2, -0.15) is 0 Å². The maximum atomic E-state index is 6.08. The Labute approximate surface area is 260 Å². The van der Waals surface area contributed by atoms with Crippen LogP contribution in [0.3, 0.4) is 0 Å². The molecule has 0 radical (unpaired) electrons. The Morgan fingerprint density at radius 1 is 0.524 bits per heavy atom. The van der Waals surface area contributed by atoms with Crippen molar-refractivity contribution in [1.82, 2.24) is 0 Å². The van der Waals surface area contributed by atoms with E-state index in [0.29, 0.717) is 0 Å². The first-order valence-corrected chi connectivity index (χ1v) is 16.3. The number of unbranched alkanes of at least 4 members (excludes halogenated alkanes) is 9. The molecular formula is C34H70O8. The summed E-state index contributed by atoms with van der Waals surface area (Å²) in [6.07, 6.45) is 21.5. The zero-order valence-corrected chi connectivity index (χ0v) is 29.7. The quantitative estimate of drug-likeness (QED) is 0.0522. The average molecular weight is 607 g/mol. The predicted octanol–water partition coefficient (Wildman–Crippen LogP) is 8.66. The van der Waals surface area contributed by atoms with E-state index in [4.69, 9.17) is 37.9 Å². The summed E-state index contributed by atoms with van der Waals surface area (Å²) in [6, 6.07) is 0. The largest absolute Gasteiger partial charge is 0.373 e. The molecule has 0 amide bonds. The molecule has 0 aromatic rings. The van der Waals surface area contributed by atoms with Crippen molar-refractivity contribution in [3.63, 3.8) is 0 Å². The van der Waals surface area contributed by atoms with Gasteiger partial charge in [0.15, 0.2) is 5.60 Å². The van der Waals surface area contributed by atoms with Crippen LogP contribution in [0.15, 0.2) is 12.2 Å². The summed E-state index contributed by atoms with van der Waals surface area (Å²) >= 11 is 0. The standard InChI is InChI=1S/C20H40O4.C14H30O4/c1-8-11-12-13-14-16-18(15-9-2)19(21-4,17-10-3)20(22-5,23-6)24-7;1-6-7-8-9-10-11-12-13(15-2)14(16-3,17-4)18-5/h9,15,18H,8,10-14,16-17H2,1-7H3;13H,6-12H2,1-5H3. The van der Waals surface area contributed by atoms with Gasteiger partial charge in [0, 0.05) is 62.8 Å². The van der Waals surface area contributed by atoms with E-state index in [0.717, 1.165) is 38.5 Å². The molecule has 8 heteroatoms. The van der Waals surface area contributed by atoms with E-state index in [1.165, 1.54) is 57.8 Å². The van der Waals surface area contributed by atoms with Crippen molar-refractivity contribution in [1.29, 1.82) is 0 Å². The average Bonchev–Trinajstić information content (AvgIpc) is 3.02. The Balaban J connectivity index is 0. The summed E-state index contributed by atoms with van der Waals surface area (Å²) in [7, 11) is 12.9. The lowest BCUT2D eigenvalue weighted by Crippen LogP contribution is -2.62. The van der Waals surface area contributed by atoms with Gasteiger partial charge in [0.1, 0.15) is 6.10 Å². The van der Waals surface area contributed by atoms with Gasteiger partial charge in [-0.25, -0.2) is 0 Å². The number of ether oxygens (including phenoxy) is 8. The summed E-state index contributed by atoms with van der Waals surface area (Å²) in [6.45, 7) is 8.66. The molecule has 0 aromatic heterocycles. The van der Waals surface area contributed by atoms with Gasteiger partial charge in [-0.1, -0.05) is 110 Å². The highest BCUT2D eigenvalue weighted by molar-refractivity contribution is 5.04. The monoisotopic (exact) mass is 607 g/mol. The van der Waals surface area contributed by atoms with Gasteiger partial charge < -0.3 is 37.9 Å². The Morgan fingerprint density at radius 2 is 0.976 bits per heavy atom. The SMILES string of the molecule is CC=CC(CCCCCCC)C(CCC)(OC)C(OC)(OC)OC.CCCCCCCCC(OC)C(OC)(OC)OC. The van der Waals surface area contributed by atoms with E-state index < -0.39 is 17.5 Å². The minimum atomic E-state index is -1.22. The molecule has 0 aliphatic rings. The summed E-state index contributed by atoms with van der Waals surface area (Å²) in [5.41, 5.74) is -0.683. The van der Waals surface area contributed by atoms with E-state index in [1.54, 1.807) is 56.9 Å². The lowest BCUT2D eigenvalue weighted by molar-refractivity contribution is -0.431. The van der Waals surface area contributed by atoms with Crippen molar-refractivity contribution in [3.05, 3.63) is 12.2 Å². The maximum Gasteiger partial charge on any atom is 0.313 e. The minimum absolute atomic E-state index is 0.161. The molecule has 0 heterocycles. The molecule has 0 saturated carbocycles. The van der Waals surface area contributed by atoms with Gasteiger partial charge in [0.2, 0.25) is 0 Å². The van der Waals surface area contributed by atoms with Crippen LogP contribution >= 0.6 is 0 Å². The van der Waals surface area contributed by atoms with Gasteiger partial charge in [0.05, 0.1) is 0 Å². The van der Waals surface area contributed by atoms with E-state index in [2.05, 4.69) is 32.9 Å². The van der Waals surface area contributed by atoms with Gasteiger partial charge in [-0.3, -0.25) is 0 Å². The highest BCUT2D eigenvalue weighted by atomic mass is 16.9. The van der Waals surface area contributed by atoms with Crippen LogP contribution in [0.25, 0.3) is 0 Å². The molecule has 0 aromatic carbocycles. The Bertz CT molecular complexity index is 590. The van der Waals surface area contributed by atoms with E-state index in [1.807, 2.05) is 6.92 Å². The molecule has 3 unspecified atom stereocenters. The molecule has 42 heavy (non-hydrogen) atoms. The topological polar surface area (TPSA) is 73.8 Å². The van der Waals surface area contributed by atoms with Crippen LogP contribution in [0.5, 0.6) is 0 Å². The highest BCUT2D eigenvalue weighted by Crippen LogP contribution is 2.44. The van der Waals surface area contributed by atoms with Gasteiger partial charge in [0.25, 0.3) is 0 Å². The van der Waals surface area contributed by atoms with Crippen molar-refractivity contribution >= 4 is 0 Å². The van der Waals surface area contributed by atoms with E-state index >= 15 is 0 Å². The fraction of sp³-hybridized carbons (Fsp3) is 0.941. The summed E-state index contributed by atoms with van der Waals surface area (Å²) in [4.78, 5) is 0. The number of allylic oxidation sites excluding steroid dienone is 1. The van der Waals surface area contributed by atoms with Crippen molar-refractivity contribution in [3.8, 4) is 0 Å². The van der Waals surface area contributed by atoms with Crippen molar-refractivity contribution in [2.75, 3.05) is 56.9 Å². The molecule has 0 saturated heterocycles. The van der Waals surface area contributed by atoms with Gasteiger partial charge in [-0.05, 0) is 26.2 Å². The molecule has 0 fully saturated rings. The Hall–Kier alpha value is -0.580. The number of hydrogen-bond acceptors (Lipinski definition) is 8. The molecular weight excluding hydrogens is 536 g/mol. The molecule has 0 rings (SSSR count). The van der Waals surface area contributed by atoms with Crippen LogP contribution in [0.2, 0.25) is 0 Å². The zero-order valence-electron chi connectivity index (χ0n) is 29.7. The predicted molar refractivity (Wildman–Crippen MR) is 173 cm³/mol. The first-order chi connectivity index (χ1) is 20.3. The molecule has 0 N–H and O–H groups in total. The van der Waals surface area contributed by atoms with Crippen LogP contribution < -0.4 is 0 Å². The van der Waals surface area contributed by atoms with E-state index in [-0.39, 0.29) is 12.0 Å². The van der Waals surface area contributed by atoms with Gasteiger partial charge >= 0.3 is 11.9 Å². The fourth-order valence-corrected chi connectivity index (χ4v) is 5.96. The third-order valence-corrected chi connectivity index (χ3v) is 8.30. The summed E-state index contributed by atoms with van der Waals surface area (Å²) in [5.74, 6) is -2.14. The molecule has 0 aliphatic carbocycles. The normalized spacial score (nSPS) is 15.3. The van der Waals surface area contributed by atoms with Crippen LogP contribution in [-0.2, 0) is 37.9 Å². The maximum absolute atomic E-state index is 6.08. The second-order valence-electron chi connectivity index (χ2n) is 10.8. The van der Waals surface area contributed by atoms with Crippen LogP contribution in [0.4, 0.5) is 0 Å². The molecule has 0 bridgehead atoms. The molecule has 0 aliphatic heterocycles. The number of hydrogen-bond donors (Lipinski definition) is 0. The summed E-state index contributed by atoms with van der Waals surface area (Å²) < 4.78 is 44.6.